The summed E-state index contributed by atoms with van der Waals surface area (Å²) >= 11 is 0. The first-order valence-electron chi connectivity index (χ1n) is 5.68. The zero-order chi connectivity index (χ0) is 10.0. The lowest BCUT2D eigenvalue weighted by atomic mass is 10.0. The fourth-order valence-electron chi connectivity index (χ4n) is 2.44. The molecule has 2 aliphatic rings. The highest BCUT2D eigenvalue weighted by Gasteiger charge is 2.27. The predicted molar refractivity (Wildman–Crippen MR) is 56.8 cm³/mol. The second-order valence-electron chi connectivity index (χ2n) is 4.76. The summed E-state index contributed by atoms with van der Waals surface area (Å²) in [6.07, 6.45) is 2.51. The molecule has 0 aromatic rings. The van der Waals surface area contributed by atoms with E-state index in [1.807, 2.05) is 0 Å². The van der Waals surface area contributed by atoms with E-state index in [0.29, 0.717) is 0 Å². The van der Waals surface area contributed by atoms with E-state index in [4.69, 9.17) is 0 Å². The van der Waals surface area contributed by atoms with Crippen molar-refractivity contribution in [3.63, 3.8) is 0 Å². The first-order valence-corrected chi connectivity index (χ1v) is 5.68. The highest BCUT2D eigenvalue weighted by atomic mass is 16.5. The number of hydrogen-bond donors (Lipinski definition) is 1. The predicted octanol–water partition coefficient (Wildman–Crippen LogP) is -0.00160. The Balaban J connectivity index is 1.82. The summed E-state index contributed by atoms with van der Waals surface area (Å²) in [7, 11) is 1.79. The lowest BCUT2D eigenvalue weighted by Gasteiger charge is -2.47. The quantitative estimate of drug-likeness (QED) is 0.477. The molecule has 0 aromatic carbocycles. The highest BCUT2D eigenvalue weighted by Crippen LogP contribution is 2.16. The Kier molecular flexibility index (Phi) is 3.07. The minimum atomic E-state index is -0.0402. The number of rotatable bonds is 1. The van der Waals surface area contributed by atoms with Gasteiger partial charge >= 0.3 is 0 Å². The minimum Gasteiger partial charge on any atom is -0.633 e. The molecule has 4 nitrogen and oxygen atoms in total. The van der Waals surface area contributed by atoms with Crippen LogP contribution in [0.4, 0.5) is 0 Å². The van der Waals surface area contributed by atoms with Gasteiger partial charge in [-0.1, -0.05) is 0 Å². The van der Waals surface area contributed by atoms with E-state index >= 15 is 0 Å². The van der Waals surface area contributed by atoms with Gasteiger partial charge in [0.1, 0.15) is 0 Å². The second kappa shape index (κ2) is 4.14. The third-order valence-electron chi connectivity index (χ3n) is 3.55. The lowest BCUT2D eigenvalue weighted by molar-refractivity contribution is -0.865. The number of hydroxylamine groups is 3. The average molecular weight is 199 g/mol. The van der Waals surface area contributed by atoms with Crippen LogP contribution in [0.25, 0.3) is 0 Å². The number of hydrogen-bond acceptors (Lipinski definition) is 3. The summed E-state index contributed by atoms with van der Waals surface area (Å²) in [5.74, 6) is 0. The second-order valence-corrected chi connectivity index (χ2v) is 4.76. The van der Waals surface area contributed by atoms with Crippen molar-refractivity contribution in [3.8, 4) is 0 Å². The highest BCUT2D eigenvalue weighted by molar-refractivity contribution is 4.79. The Labute approximate surface area is 86.0 Å². The first-order chi connectivity index (χ1) is 6.67. The molecule has 0 spiro atoms. The molecule has 0 saturated carbocycles. The van der Waals surface area contributed by atoms with Crippen molar-refractivity contribution in [1.29, 1.82) is 0 Å². The number of piperazine rings is 1. The summed E-state index contributed by atoms with van der Waals surface area (Å²) in [5, 5.41) is 15.0. The van der Waals surface area contributed by atoms with Crippen LogP contribution in [0.3, 0.4) is 0 Å². The van der Waals surface area contributed by atoms with Crippen LogP contribution < -0.4 is 5.32 Å². The monoisotopic (exact) mass is 199 g/mol. The molecule has 0 aliphatic carbocycles. The molecule has 0 bridgehead atoms. The Morgan fingerprint density at radius 3 is 2.36 bits per heavy atom. The van der Waals surface area contributed by atoms with E-state index < -0.39 is 0 Å². The Morgan fingerprint density at radius 1 is 1.21 bits per heavy atom. The van der Waals surface area contributed by atoms with Crippen molar-refractivity contribution in [1.82, 2.24) is 10.2 Å². The summed E-state index contributed by atoms with van der Waals surface area (Å²) < 4.78 is -0.0402. The van der Waals surface area contributed by atoms with Crippen molar-refractivity contribution in [3.05, 3.63) is 5.21 Å². The van der Waals surface area contributed by atoms with Crippen LogP contribution in [0.5, 0.6) is 0 Å². The SMILES string of the molecule is C[N+]1([O-])CCN(C2CCNCC2)CC1. The third-order valence-corrected chi connectivity index (χ3v) is 3.55. The van der Waals surface area contributed by atoms with Crippen LogP contribution in [0.15, 0.2) is 0 Å². The molecule has 0 radical (unpaired) electrons. The zero-order valence-electron chi connectivity index (χ0n) is 9.04. The smallest absolute Gasteiger partial charge is 0.0911 e. The molecule has 2 aliphatic heterocycles. The molecule has 2 saturated heterocycles. The van der Waals surface area contributed by atoms with Crippen molar-refractivity contribution in [2.24, 2.45) is 0 Å². The van der Waals surface area contributed by atoms with Gasteiger partial charge in [-0.25, -0.2) is 0 Å². The fourth-order valence-corrected chi connectivity index (χ4v) is 2.44. The molecule has 0 aromatic heterocycles. The molecule has 0 amide bonds. The van der Waals surface area contributed by atoms with Crippen LogP contribution in [0.1, 0.15) is 12.8 Å². The van der Waals surface area contributed by atoms with Crippen molar-refractivity contribution in [2.45, 2.75) is 18.9 Å². The third kappa shape index (κ3) is 2.45. The van der Waals surface area contributed by atoms with E-state index in [1.54, 1.807) is 7.05 Å². The van der Waals surface area contributed by atoms with Gasteiger partial charge in [0.15, 0.2) is 0 Å². The molecule has 2 rings (SSSR count). The number of piperidine rings is 1. The molecule has 82 valence electrons. The summed E-state index contributed by atoms with van der Waals surface area (Å²) in [6.45, 7) is 5.80. The number of likely N-dealkylation sites (N-methyl/N-ethyl adjacent to an activating group) is 1. The molecule has 4 heteroatoms. The number of nitrogens with zero attached hydrogens (tertiary/aromatic N) is 2. The Bertz CT molecular complexity index is 180. The Hall–Kier alpha value is -0.160. The lowest BCUT2D eigenvalue weighted by Crippen LogP contribution is -2.57. The number of nitrogens with one attached hydrogen (secondary N) is 1. The zero-order valence-corrected chi connectivity index (χ0v) is 9.04. The van der Waals surface area contributed by atoms with Crippen LogP contribution in [-0.2, 0) is 0 Å². The van der Waals surface area contributed by atoms with Gasteiger partial charge in [-0.3, -0.25) is 4.90 Å². The van der Waals surface area contributed by atoms with Gasteiger partial charge < -0.3 is 15.2 Å². The Morgan fingerprint density at radius 2 is 1.79 bits per heavy atom. The molecule has 0 atom stereocenters. The maximum atomic E-state index is 11.6. The minimum absolute atomic E-state index is 0.0402. The molecular weight excluding hydrogens is 178 g/mol. The topological polar surface area (TPSA) is 38.3 Å². The van der Waals surface area contributed by atoms with Crippen LogP contribution in [-0.4, -0.2) is 61.9 Å². The van der Waals surface area contributed by atoms with Crippen molar-refractivity contribution >= 4 is 0 Å². The fraction of sp³-hybridized carbons (Fsp3) is 1.00. The standard InChI is InChI=1S/C10H21N3O/c1-13(14)8-6-12(7-9-13)10-2-4-11-5-3-10/h10-11H,2-9H2,1H3. The normalized spacial score (nSPS) is 30.4. The van der Waals surface area contributed by atoms with E-state index in [-0.39, 0.29) is 4.65 Å². The molecule has 0 unspecified atom stereocenters. The largest absolute Gasteiger partial charge is 0.633 e. The van der Waals surface area contributed by atoms with Gasteiger partial charge in [-0.05, 0) is 25.9 Å². The first kappa shape index (κ1) is 10.4. The average Bonchev–Trinajstić information content (AvgIpc) is 2.19. The van der Waals surface area contributed by atoms with Gasteiger partial charge in [-0.2, -0.15) is 0 Å². The molecular formula is C10H21N3O. The van der Waals surface area contributed by atoms with Crippen LogP contribution in [0.2, 0.25) is 0 Å². The van der Waals surface area contributed by atoms with E-state index in [0.717, 1.165) is 45.3 Å². The summed E-state index contributed by atoms with van der Waals surface area (Å²) in [4.78, 5) is 2.51. The maximum absolute atomic E-state index is 11.6. The van der Waals surface area contributed by atoms with E-state index in [2.05, 4.69) is 10.2 Å². The van der Waals surface area contributed by atoms with Gasteiger partial charge in [0.25, 0.3) is 0 Å². The molecule has 2 heterocycles. The maximum Gasteiger partial charge on any atom is 0.0911 e. The van der Waals surface area contributed by atoms with E-state index in [9.17, 15) is 5.21 Å². The number of quaternary nitrogens is 1. The summed E-state index contributed by atoms with van der Waals surface area (Å²) in [5.41, 5.74) is 0. The molecule has 14 heavy (non-hydrogen) atoms. The summed E-state index contributed by atoms with van der Waals surface area (Å²) in [6, 6.07) is 0.733. The van der Waals surface area contributed by atoms with Gasteiger partial charge in [0.2, 0.25) is 0 Å². The van der Waals surface area contributed by atoms with Gasteiger partial charge in [0, 0.05) is 19.1 Å². The van der Waals surface area contributed by atoms with Gasteiger partial charge in [-0.15, -0.1) is 0 Å². The molecule has 1 N–H and O–H groups in total. The van der Waals surface area contributed by atoms with Gasteiger partial charge in [0.05, 0.1) is 20.1 Å². The van der Waals surface area contributed by atoms with E-state index in [1.165, 1.54) is 12.8 Å². The van der Waals surface area contributed by atoms with Crippen LogP contribution in [0, 0.1) is 5.21 Å². The molecule has 2 fully saturated rings. The van der Waals surface area contributed by atoms with Crippen LogP contribution >= 0.6 is 0 Å². The van der Waals surface area contributed by atoms with Crippen molar-refractivity contribution in [2.75, 3.05) is 46.3 Å². The van der Waals surface area contributed by atoms with Crippen molar-refractivity contribution < 1.29 is 4.65 Å².